The van der Waals surface area contributed by atoms with Crippen LogP contribution in [0.5, 0.6) is 0 Å². The Kier molecular flexibility index (Phi) is 7.88. The lowest BCUT2D eigenvalue weighted by Gasteiger charge is -2.27. The van der Waals surface area contributed by atoms with E-state index in [2.05, 4.69) is 217 Å². The number of fused-ring (bicyclic) bond motifs is 4. The van der Waals surface area contributed by atoms with Crippen molar-refractivity contribution in [3.8, 4) is 27.9 Å². The van der Waals surface area contributed by atoms with Gasteiger partial charge in [-0.25, -0.2) is 4.98 Å². The number of benzene rings is 9. The van der Waals surface area contributed by atoms with Crippen molar-refractivity contribution in [3.05, 3.63) is 223 Å². The first kappa shape index (κ1) is 35.2. The molecule has 0 radical (unpaired) electrons. The zero-order chi connectivity index (χ0) is 40.7. The van der Waals surface area contributed by atoms with Crippen molar-refractivity contribution in [2.75, 3.05) is 4.90 Å². The van der Waals surface area contributed by atoms with Gasteiger partial charge >= 0.3 is 0 Å². The normalized spacial score (nSPS) is 13.1. The SMILES string of the molecule is CC1(C)c2cc(/C=C/c3ccc4cc(-c5ccc6c7c5ccc5cccc(c57)n6-c5ccccc5)ccc4c3)ccc2-c2ccc(N(c3ccccc3)c3ccccn3)cc21. The van der Waals surface area contributed by atoms with Crippen molar-refractivity contribution in [1.82, 2.24) is 9.55 Å². The highest BCUT2D eigenvalue weighted by Crippen LogP contribution is 2.51. The molecule has 0 unspecified atom stereocenters. The van der Waals surface area contributed by atoms with Crippen LogP contribution in [-0.4, -0.2) is 9.55 Å². The van der Waals surface area contributed by atoms with Gasteiger partial charge in [0.2, 0.25) is 0 Å². The number of nitrogens with zero attached hydrogens (tertiary/aromatic N) is 3. The van der Waals surface area contributed by atoms with Crippen molar-refractivity contribution in [2.45, 2.75) is 19.3 Å². The van der Waals surface area contributed by atoms with Gasteiger partial charge in [-0.05, 0) is 139 Å². The van der Waals surface area contributed by atoms with Gasteiger partial charge in [0.25, 0.3) is 0 Å². The van der Waals surface area contributed by atoms with Crippen molar-refractivity contribution < 1.29 is 0 Å². The van der Waals surface area contributed by atoms with Crippen LogP contribution in [0, 0.1) is 0 Å². The molecule has 0 fully saturated rings. The first-order valence-electron chi connectivity index (χ1n) is 21.1. The van der Waals surface area contributed by atoms with E-state index in [4.69, 9.17) is 4.98 Å². The van der Waals surface area contributed by atoms with E-state index in [1.165, 1.54) is 93.5 Å². The predicted molar refractivity (Wildman–Crippen MR) is 258 cm³/mol. The molecule has 288 valence electrons. The minimum absolute atomic E-state index is 0.169. The summed E-state index contributed by atoms with van der Waals surface area (Å²) in [6.45, 7) is 4.70. The van der Waals surface area contributed by atoms with E-state index in [9.17, 15) is 0 Å². The lowest BCUT2D eigenvalue weighted by molar-refractivity contribution is 0.660. The van der Waals surface area contributed by atoms with Gasteiger partial charge in [-0.1, -0.05) is 147 Å². The van der Waals surface area contributed by atoms with Gasteiger partial charge in [0.1, 0.15) is 5.82 Å². The number of para-hydroxylation sites is 2. The molecule has 0 atom stereocenters. The number of aromatic nitrogens is 2. The molecule has 0 N–H and O–H groups in total. The smallest absolute Gasteiger partial charge is 0.137 e. The summed E-state index contributed by atoms with van der Waals surface area (Å²) in [5.41, 5.74) is 15.9. The summed E-state index contributed by atoms with van der Waals surface area (Å²) in [5, 5.41) is 7.69. The van der Waals surface area contributed by atoms with Crippen LogP contribution in [-0.2, 0) is 5.41 Å². The van der Waals surface area contributed by atoms with Crippen molar-refractivity contribution >= 4 is 72.7 Å². The molecule has 9 aromatic carbocycles. The Hall–Kier alpha value is -7.75. The Balaban J connectivity index is 0.846. The van der Waals surface area contributed by atoms with Crippen LogP contribution in [0.15, 0.2) is 200 Å². The molecule has 61 heavy (non-hydrogen) atoms. The van der Waals surface area contributed by atoms with E-state index >= 15 is 0 Å². The Bertz CT molecular complexity index is 3450. The molecule has 12 rings (SSSR count). The van der Waals surface area contributed by atoms with Crippen LogP contribution in [0.4, 0.5) is 17.2 Å². The lowest BCUT2D eigenvalue weighted by atomic mass is 9.81. The van der Waals surface area contributed by atoms with Crippen LogP contribution in [0.25, 0.3) is 83.4 Å². The van der Waals surface area contributed by atoms with Gasteiger partial charge in [0, 0.05) is 39.4 Å². The monoisotopic (exact) mass is 779 g/mol. The van der Waals surface area contributed by atoms with Crippen LogP contribution in [0.2, 0.25) is 0 Å². The van der Waals surface area contributed by atoms with E-state index in [1.807, 2.05) is 18.3 Å². The van der Waals surface area contributed by atoms with Gasteiger partial charge in [0.15, 0.2) is 0 Å². The largest absolute Gasteiger partial charge is 0.309 e. The molecule has 0 bridgehead atoms. The molecule has 2 aromatic heterocycles. The van der Waals surface area contributed by atoms with Crippen LogP contribution < -0.4 is 4.90 Å². The Morgan fingerprint density at radius 3 is 1.97 bits per heavy atom. The maximum atomic E-state index is 4.74. The summed E-state index contributed by atoms with van der Waals surface area (Å²) in [5.74, 6) is 0.898. The number of anilines is 3. The Morgan fingerprint density at radius 2 is 1.15 bits per heavy atom. The fraction of sp³-hybridized carbons (Fsp3) is 0.0517. The summed E-state index contributed by atoms with van der Waals surface area (Å²) in [6, 6.07) is 70.7. The van der Waals surface area contributed by atoms with E-state index in [0.717, 1.165) is 17.2 Å². The minimum atomic E-state index is -0.169. The summed E-state index contributed by atoms with van der Waals surface area (Å²) in [6.07, 6.45) is 6.36. The number of pyridine rings is 1. The summed E-state index contributed by atoms with van der Waals surface area (Å²) in [7, 11) is 0. The zero-order valence-electron chi connectivity index (χ0n) is 34.0. The van der Waals surface area contributed by atoms with Crippen LogP contribution >= 0.6 is 0 Å². The van der Waals surface area contributed by atoms with Crippen molar-refractivity contribution in [2.24, 2.45) is 0 Å². The topological polar surface area (TPSA) is 21.1 Å². The maximum absolute atomic E-state index is 4.74. The summed E-state index contributed by atoms with van der Waals surface area (Å²) in [4.78, 5) is 6.98. The molecular weight excluding hydrogens is 739 g/mol. The van der Waals surface area contributed by atoms with E-state index in [-0.39, 0.29) is 5.41 Å². The Morgan fingerprint density at radius 1 is 0.475 bits per heavy atom. The zero-order valence-corrected chi connectivity index (χ0v) is 34.0. The molecule has 0 saturated heterocycles. The first-order valence-corrected chi connectivity index (χ1v) is 21.1. The van der Waals surface area contributed by atoms with Crippen molar-refractivity contribution in [1.29, 1.82) is 0 Å². The molecule has 2 heterocycles. The molecule has 11 aromatic rings. The second-order valence-electron chi connectivity index (χ2n) is 16.8. The van der Waals surface area contributed by atoms with Crippen LogP contribution in [0.3, 0.4) is 0 Å². The second-order valence-corrected chi connectivity index (χ2v) is 16.8. The predicted octanol–water partition coefficient (Wildman–Crippen LogP) is 15.5. The molecule has 0 saturated carbocycles. The molecule has 3 heteroatoms. The fourth-order valence-electron chi connectivity index (χ4n) is 9.99. The Labute approximate surface area is 355 Å². The summed E-state index contributed by atoms with van der Waals surface area (Å²) < 4.78 is 2.41. The van der Waals surface area contributed by atoms with Crippen LogP contribution in [0.1, 0.15) is 36.1 Å². The van der Waals surface area contributed by atoms with Gasteiger partial charge in [-0.2, -0.15) is 0 Å². The third-order valence-corrected chi connectivity index (χ3v) is 13.0. The van der Waals surface area contributed by atoms with Gasteiger partial charge < -0.3 is 4.57 Å². The highest BCUT2D eigenvalue weighted by Gasteiger charge is 2.36. The third-order valence-electron chi connectivity index (χ3n) is 13.0. The third kappa shape index (κ3) is 5.62. The molecular formula is C58H41N3. The second kappa shape index (κ2) is 13.7. The standard InChI is InChI=1S/C58H41N3/c1-58(2)51-35-39(22-28-48(51)49-30-27-46(37-52(49)58)60(44-13-5-3-6-14-44)55-18-9-10-33-59-55)20-19-38-21-23-42-36-43(25-24-41(42)34-38)47-31-32-54-57-50(47)29-26-40-12-11-17-53(56(40)57)61(54)45-15-7-4-8-16-45/h3-37H,1-2H3/b20-19+. The minimum Gasteiger partial charge on any atom is -0.309 e. The van der Waals surface area contributed by atoms with Gasteiger partial charge in [-0.3, -0.25) is 4.90 Å². The molecule has 0 aliphatic heterocycles. The first-order chi connectivity index (χ1) is 30.0. The maximum Gasteiger partial charge on any atom is 0.137 e. The quantitative estimate of drug-likeness (QED) is 0.119. The van der Waals surface area contributed by atoms with E-state index in [1.54, 1.807) is 0 Å². The van der Waals surface area contributed by atoms with E-state index < -0.39 is 0 Å². The molecule has 1 aliphatic rings. The van der Waals surface area contributed by atoms with Gasteiger partial charge in [0.05, 0.1) is 11.0 Å². The van der Waals surface area contributed by atoms with E-state index in [0.29, 0.717) is 0 Å². The average molecular weight is 780 g/mol. The molecule has 1 aliphatic carbocycles. The summed E-state index contributed by atoms with van der Waals surface area (Å²) >= 11 is 0. The van der Waals surface area contributed by atoms with Gasteiger partial charge in [-0.15, -0.1) is 0 Å². The molecule has 0 amide bonds. The van der Waals surface area contributed by atoms with Crippen molar-refractivity contribution in [3.63, 3.8) is 0 Å². The highest BCUT2D eigenvalue weighted by atomic mass is 15.2. The molecule has 0 spiro atoms. The highest BCUT2D eigenvalue weighted by molar-refractivity contribution is 6.26. The fourth-order valence-corrected chi connectivity index (χ4v) is 9.99. The number of hydrogen-bond donors (Lipinski definition) is 0. The lowest BCUT2D eigenvalue weighted by Crippen LogP contribution is -2.17. The molecule has 3 nitrogen and oxygen atoms in total. The number of hydrogen-bond acceptors (Lipinski definition) is 2. The number of rotatable bonds is 7. The average Bonchev–Trinajstić information content (AvgIpc) is 3.77.